The van der Waals surface area contributed by atoms with Crippen molar-refractivity contribution >= 4 is 5.97 Å². The molecule has 1 atom stereocenters. The van der Waals surface area contributed by atoms with Crippen molar-refractivity contribution in [1.29, 1.82) is 0 Å². The van der Waals surface area contributed by atoms with Crippen molar-refractivity contribution in [3.8, 4) is 0 Å². The Morgan fingerprint density at radius 1 is 0.957 bits per heavy atom. The van der Waals surface area contributed by atoms with E-state index in [1.165, 1.54) is 70.6 Å². The van der Waals surface area contributed by atoms with Crippen LogP contribution in [0.3, 0.4) is 0 Å². The van der Waals surface area contributed by atoms with Crippen LogP contribution in [0.2, 0.25) is 0 Å². The summed E-state index contributed by atoms with van der Waals surface area (Å²) in [4.78, 5) is 11.4. The van der Waals surface area contributed by atoms with Crippen molar-refractivity contribution in [2.45, 2.75) is 96.5 Å². The van der Waals surface area contributed by atoms with Crippen LogP contribution in [0.4, 0.5) is 0 Å². The molecule has 0 aromatic carbocycles. The zero-order chi connectivity index (χ0) is 16.9. The molecule has 0 aromatic heterocycles. The number of aliphatic hydroxyl groups excluding tert-OH is 1. The van der Waals surface area contributed by atoms with Gasteiger partial charge in [0.15, 0.2) is 0 Å². The lowest BCUT2D eigenvalue weighted by Gasteiger charge is -2.02. The van der Waals surface area contributed by atoms with E-state index in [0.29, 0.717) is 5.57 Å². The molecule has 0 saturated carbocycles. The Balaban J connectivity index is 1.90. The Bertz CT molecular complexity index is 384. The summed E-state index contributed by atoms with van der Waals surface area (Å²) in [6, 6.07) is 0. The Hall–Kier alpha value is -1.09. The molecule has 0 aromatic rings. The van der Waals surface area contributed by atoms with Crippen molar-refractivity contribution in [3.05, 3.63) is 24.0 Å². The average Bonchev–Trinajstić information content (AvgIpc) is 2.77. The predicted molar refractivity (Wildman–Crippen MR) is 95.0 cm³/mol. The van der Waals surface area contributed by atoms with Gasteiger partial charge in [0.1, 0.15) is 11.9 Å². The summed E-state index contributed by atoms with van der Waals surface area (Å²) in [5, 5.41) is 9.71. The number of ether oxygens (including phenoxy) is 1. The second kappa shape index (κ2) is 12.3. The number of esters is 1. The molecule has 3 heteroatoms. The molecule has 0 aliphatic carbocycles. The van der Waals surface area contributed by atoms with Crippen LogP contribution in [-0.4, -0.2) is 17.2 Å². The van der Waals surface area contributed by atoms with Gasteiger partial charge in [0, 0.05) is 0 Å². The van der Waals surface area contributed by atoms with Gasteiger partial charge in [-0.3, -0.25) is 0 Å². The quantitative estimate of drug-likeness (QED) is 0.279. The highest BCUT2D eigenvalue weighted by atomic mass is 16.6. The van der Waals surface area contributed by atoms with Crippen LogP contribution in [0.25, 0.3) is 0 Å². The summed E-state index contributed by atoms with van der Waals surface area (Å²) in [6.07, 6.45) is 17.6. The largest absolute Gasteiger partial charge is 0.425 e. The summed E-state index contributed by atoms with van der Waals surface area (Å²) in [6.45, 7) is 5.77. The zero-order valence-corrected chi connectivity index (χ0v) is 14.8. The number of carbonyl (C=O) groups excluding carboxylic acids is 1. The van der Waals surface area contributed by atoms with E-state index in [2.05, 4.69) is 13.5 Å². The first-order chi connectivity index (χ1) is 11.2. The van der Waals surface area contributed by atoms with E-state index in [9.17, 15) is 9.90 Å². The summed E-state index contributed by atoms with van der Waals surface area (Å²) in [7, 11) is 0. The Morgan fingerprint density at radius 2 is 1.43 bits per heavy atom. The van der Waals surface area contributed by atoms with Gasteiger partial charge in [-0.1, -0.05) is 90.2 Å². The highest BCUT2D eigenvalue weighted by molar-refractivity contribution is 5.93. The second-order valence-corrected chi connectivity index (χ2v) is 6.60. The van der Waals surface area contributed by atoms with Crippen LogP contribution >= 0.6 is 0 Å². The first-order valence-corrected chi connectivity index (χ1v) is 9.46. The van der Waals surface area contributed by atoms with Crippen LogP contribution in [-0.2, 0) is 9.53 Å². The van der Waals surface area contributed by atoms with Gasteiger partial charge in [-0.2, -0.15) is 0 Å². The summed E-state index contributed by atoms with van der Waals surface area (Å²) < 4.78 is 4.80. The number of rotatable bonds is 13. The standard InChI is InChI=1S/C20H34O3/c1-3-4-5-6-7-8-9-10-11-12-13-14-15-16-18-19(21)17(2)23-20(18)22/h16,19,21H,2-15H2,1H3/b18-16+/t19-/m1/s1. The summed E-state index contributed by atoms with van der Waals surface area (Å²) in [5.74, 6) is -0.294. The third-order valence-corrected chi connectivity index (χ3v) is 4.48. The van der Waals surface area contributed by atoms with E-state index in [1.807, 2.05) is 6.08 Å². The van der Waals surface area contributed by atoms with Crippen LogP contribution in [0.5, 0.6) is 0 Å². The number of allylic oxidation sites excluding steroid dienone is 1. The van der Waals surface area contributed by atoms with Crippen LogP contribution in [0, 0.1) is 0 Å². The lowest BCUT2D eigenvalue weighted by molar-refractivity contribution is -0.132. The normalized spacial score (nSPS) is 19.6. The minimum absolute atomic E-state index is 0.149. The fourth-order valence-corrected chi connectivity index (χ4v) is 2.96. The number of cyclic esters (lactones) is 1. The molecule has 132 valence electrons. The van der Waals surface area contributed by atoms with E-state index in [1.54, 1.807) is 0 Å². The molecular formula is C20H34O3. The molecule has 0 amide bonds. The van der Waals surface area contributed by atoms with Gasteiger partial charge in [-0.25, -0.2) is 4.79 Å². The number of carbonyl (C=O) groups is 1. The topological polar surface area (TPSA) is 46.5 Å². The Labute approximate surface area is 141 Å². The number of hydrogen-bond donors (Lipinski definition) is 1. The predicted octanol–water partition coefficient (Wildman–Crippen LogP) is 5.44. The maximum Gasteiger partial charge on any atom is 0.341 e. The first-order valence-electron chi connectivity index (χ1n) is 9.46. The zero-order valence-electron chi connectivity index (χ0n) is 14.8. The second-order valence-electron chi connectivity index (χ2n) is 6.60. The Morgan fingerprint density at radius 3 is 1.87 bits per heavy atom. The molecule has 1 aliphatic heterocycles. The van der Waals surface area contributed by atoms with Gasteiger partial charge in [0.05, 0.1) is 5.57 Å². The third kappa shape index (κ3) is 8.36. The first kappa shape index (κ1) is 20.0. The third-order valence-electron chi connectivity index (χ3n) is 4.48. The average molecular weight is 322 g/mol. The van der Waals surface area contributed by atoms with Crippen LogP contribution in [0.15, 0.2) is 24.0 Å². The Kier molecular flexibility index (Phi) is 10.7. The van der Waals surface area contributed by atoms with Crippen molar-refractivity contribution in [3.63, 3.8) is 0 Å². The minimum atomic E-state index is -0.931. The fraction of sp³-hybridized carbons (Fsp3) is 0.750. The molecule has 0 bridgehead atoms. The van der Waals surface area contributed by atoms with E-state index in [-0.39, 0.29) is 5.76 Å². The highest BCUT2D eigenvalue weighted by Gasteiger charge is 2.32. The van der Waals surface area contributed by atoms with Gasteiger partial charge in [-0.05, 0) is 12.8 Å². The van der Waals surface area contributed by atoms with Crippen molar-refractivity contribution in [2.24, 2.45) is 0 Å². The van der Waals surface area contributed by atoms with Gasteiger partial charge in [0.2, 0.25) is 0 Å². The smallest absolute Gasteiger partial charge is 0.341 e. The van der Waals surface area contributed by atoms with Gasteiger partial charge in [0.25, 0.3) is 0 Å². The van der Waals surface area contributed by atoms with Crippen molar-refractivity contribution < 1.29 is 14.6 Å². The van der Waals surface area contributed by atoms with E-state index in [0.717, 1.165) is 12.8 Å². The number of unbranched alkanes of at least 4 members (excludes halogenated alkanes) is 12. The molecule has 1 heterocycles. The monoisotopic (exact) mass is 322 g/mol. The molecule has 3 nitrogen and oxygen atoms in total. The molecule has 23 heavy (non-hydrogen) atoms. The maximum atomic E-state index is 11.4. The molecule has 1 saturated heterocycles. The number of hydrogen-bond acceptors (Lipinski definition) is 3. The molecule has 1 rings (SSSR count). The minimum Gasteiger partial charge on any atom is -0.425 e. The molecule has 1 N–H and O–H groups in total. The van der Waals surface area contributed by atoms with Crippen LogP contribution < -0.4 is 0 Å². The highest BCUT2D eigenvalue weighted by Crippen LogP contribution is 2.23. The van der Waals surface area contributed by atoms with Crippen LogP contribution in [0.1, 0.15) is 90.4 Å². The molecule has 1 aliphatic rings. The maximum absolute atomic E-state index is 11.4. The van der Waals surface area contributed by atoms with E-state index in [4.69, 9.17) is 4.74 Å². The summed E-state index contributed by atoms with van der Waals surface area (Å²) >= 11 is 0. The summed E-state index contributed by atoms with van der Waals surface area (Å²) in [5.41, 5.74) is 0.359. The lowest BCUT2D eigenvalue weighted by Crippen LogP contribution is -2.07. The molecule has 0 unspecified atom stereocenters. The van der Waals surface area contributed by atoms with Gasteiger partial charge in [-0.15, -0.1) is 0 Å². The van der Waals surface area contributed by atoms with Gasteiger partial charge < -0.3 is 9.84 Å². The SMILES string of the molecule is C=C1OC(=O)/C(=C/CCCCCCCCCCCCCC)[C@@H]1O. The lowest BCUT2D eigenvalue weighted by atomic mass is 10.0. The van der Waals surface area contributed by atoms with Gasteiger partial charge >= 0.3 is 5.97 Å². The van der Waals surface area contributed by atoms with Crippen molar-refractivity contribution in [1.82, 2.24) is 0 Å². The molecule has 1 fully saturated rings. The molecule has 0 spiro atoms. The fourth-order valence-electron chi connectivity index (χ4n) is 2.96. The molecule has 0 radical (unpaired) electrons. The number of aliphatic hydroxyl groups is 1. The van der Waals surface area contributed by atoms with Crippen molar-refractivity contribution in [2.75, 3.05) is 0 Å². The van der Waals surface area contributed by atoms with E-state index >= 15 is 0 Å². The van der Waals surface area contributed by atoms with E-state index < -0.39 is 12.1 Å². The molecular weight excluding hydrogens is 288 g/mol.